The maximum absolute atomic E-state index is 12.9. The summed E-state index contributed by atoms with van der Waals surface area (Å²) in [5, 5.41) is 6.57. The van der Waals surface area contributed by atoms with E-state index >= 15 is 0 Å². The summed E-state index contributed by atoms with van der Waals surface area (Å²) < 4.78 is 1.50. The molecule has 224 valence electrons. The summed E-state index contributed by atoms with van der Waals surface area (Å²) in [5.41, 5.74) is 13.9. The molecule has 1 unspecified atom stereocenters. The van der Waals surface area contributed by atoms with Gasteiger partial charge in [0.15, 0.2) is 0 Å². The number of piperazine rings is 1. The number of rotatable bonds is 5. The van der Waals surface area contributed by atoms with Crippen molar-refractivity contribution in [3.8, 4) is 5.69 Å². The SMILES string of the molecule is CC(C)(N)C(=O)N1CCN(C(=O)Nc2ccn(-c3ccc4c(c3)CCC(N[C@H]3CC[C@H](N)CC3)C4)c(=O)n2)CC1.Cl. The van der Waals surface area contributed by atoms with Crippen molar-refractivity contribution in [3.63, 3.8) is 0 Å². The number of nitrogens with one attached hydrogen (secondary N) is 2. The molecule has 1 atom stereocenters. The number of anilines is 1. The van der Waals surface area contributed by atoms with Crippen molar-refractivity contribution in [2.75, 3.05) is 31.5 Å². The second kappa shape index (κ2) is 12.9. The molecule has 0 spiro atoms. The predicted molar refractivity (Wildman–Crippen MR) is 162 cm³/mol. The summed E-state index contributed by atoms with van der Waals surface area (Å²) in [6, 6.07) is 8.83. The molecule has 1 aromatic carbocycles. The Bertz CT molecular complexity index is 1290. The van der Waals surface area contributed by atoms with Gasteiger partial charge >= 0.3 is 11.7 Å². The molecule has 0 bridgehead atoms. The Morgan fingerprint density at radius 2 is 1.63 bits per heavy atom. The second-order valence-corrected chi connectivity index (χ2v) is 12.1. The number of fused-ring (bicyclic) bond motifs is 1. The second-order valence-electron chi connectivity index (χ2n) is 12.1. The fourth-order valence-electron chi connectivity index (χ4n) is 6.03. The van der Waals surface area contributed by atoms with Crippen LogP contribution in [0, 0.1) is 0 Å². The zero-order chi connectivity index (χ0) is 28.4. The highest BCUT2D eigenvalue weighted by Gasteiger charge is 2.31. The molecule has 11 nitrogen and oxygen atoms in total. The van der Waals surface area contributed by atoms with Crippen LogP contribution in [0.5, 0.6) is 0 Å². The molecule has 1 saturated heterocycles. The van der Waals surface area contributed by atoms with Gasteiger partial charge in [0.25, 0.3) is 0 Å². The number of nitrogens with zero attached hydrogens (tertiary/aromatic N) is 4. The van der Waals surface area contributed by atoms with Crippen LogP contribution in [0.25, 0.3) is 5.69 Å². The van der Waals surface area contributed by atoms with Crippen LogP contribution in [0.1, 0.15) is 57.1 Å². The number of amides is 3. The fourth-order valence-corrected chi connectivity index (χ4v) is 6.03. The molecule has 1 aliphatic heterocycles. The van der Waals surface area contributed by atoms with E-state index in [-0.39, 0.29) is 30.2 Å². The minimum Gasteiger partial charge on any atom is -0.338 e. The van der Waals surface area contributed by atoms with E-state index in [2.05, 4.69) is 27.8 Å². The van der Waals surface area contributed by atoms with Crippen LogP contribution in [0.15, 0.2) is 35.3 Å². The number of halogens is 1. The van der Waals surface area contributed by atoms with E-state index in [0.29, 0.717) is 44.3 Å². The Hall–Kier alpha value is -2.99. The van der Waals surface area contributed by atoms with E-state index in [0.717, 1.165) is 50.6 Å². The zero-order valence-corrected chi connectivity index (χ0v) is 24.8. The quantitative estimate of drug-likeness (QED) is 0.417. The first-order valence-corrected chi connectivity index (χ1v) is 14.4. The Morgan fingerprint density at radius 1 is 0.951 bits per heavy atom. The van der Waals surface area contributed by atoms with Crippen molar-refractivity contribution in [1.29, 1.82) is 0 Å². The molecule has 2 aromatic rings. The Labute approximate surface area is 247 Å². The highest BCUT2D eigenvalue weighted by Crippen LogP contribution is 2.26. The lowest BCUT2D eigenvalue weighted by Gasteiger charge is -2.37. The highest BCUT2D eigenvalue weighted by molar-refractivity contribution is 5.89. The van der Waals surface area contributed by atoms with Gasteiger partial charge in [0, 0.05) is 50.5 Å². The number of nitrogens with two attached hydrogens (primary N) is 2. The molecule has 5 rings (SSSR count). The molecule has 6 N–H and O–H groups in total. The van der Waals surface area contributed by atoms with Crippen molar-refractivity contribution in [1.82, 2.24) is 24.7 Å². The Balaban J connectivity index is 0.00000387. The first-order valence-electron chi connectivity index (χ1n) is 14.4. The van der Waals surface area contributed by atoms with Gasteiger partial charge in [-0.25, -0.2) is 9.59 Å². The number of hydrogen-bond donors (Lipinski definition) is 4. The van der Waals surface area contributed by atoms with Crippen molar-refractivity contribution < 1.29 is 9.59 Å². The summed E-state index contributed by atoms with van der Waals surface area (Å²) in [5.74, 6) is 0.0601. The number of hydrogen-bond acceptors (Lipinski definition) is 7. The van der Waals surface area contributed by atoms with Gasteiger partial charge < -0.3 is 26.6 Å². The van der Waals surface area contributed by atoms with Crippen molar-refractivity contribution in [2.24, 2.45) is 11.5 Å². The average molecular weight is 587 g/mol. The molecule has 1 aromatic heterocycles. The van der Waals surface area contributed by atoms with E-state index in [1.807, 2.05) is 6.07 Å². The molecular weight excluding hydrogens is 544 g/mol. The molecule has 2 aliphatic carbocycles. The van der Waals surface area contributed by atoms with Crippen LogP contribution in [0.3, 0.4) is 0 Å². The Morgan fingerprint density at radius 3 is 2.29 bits per heavy atom. The number of benzene rings is 1. The maximum Gasteiger partial charge on any atom is 0.354 e. The summed E-state index contributed by atoms with van der Waals surface area (Å²) in [4.78, 5) is 45.4. The van der Waals surface area contributed by atoms with E-state index in [4.69, 9.17) is 11.5 Å². The minimum atomic E-state index is -0.944. The lowest BCUT2D eigenvalue weighted by atomic mass is 9.85. The standard InChI is InChI=1S/C29H42N8O3.ClH/c1-29(2,31)26(38)35-13-15-36(16-14-35)27(39)33-25-11-12-37(28(40)34-25)24-10-4-19-17-23(7-3-20(19)18-24)32-22-8-5-21(30)6-9-22;/h4,10-12,18,21-23,32H,3,5-9,13-17,30-31H2,1-2H3,(H,33,34,39,40);1H/t21-,22-,23?;. The summed E-state index contributed by atoms with van der Waals surface area (Å²) >= 11 is 0. The first-order chi connectivity index (χ1) is 19.1. The number of urea groups is 1. The first kappa shape index (κ1) is 31.0. The van der Waals surface area contributed by atoms with Crippen LogP contribution >= 0.6 is 12.4 Å². The van der Waals surface area contributed by atoms with Crippen LogP contribution in [0.2, 0.25) is 0 Å². The lowest BCUT2D eigenvalue weighted by molar-refractivity contribution is -0.137. The molecule has 2 heterocycles. The number of aromatic nitrogens is 2. The van der Waals surface area contributed by atoms with Gasteiger partial charge in [-0.2, -0.15) is 4.98 Å². The summed E-state index contributed by atoms with van der Waals surface area (Å²) in [7, 11) is 0. The molecule has 0 radical (unpaired) electrons. The van der Waals surface area contributed by atoms with Crippen molar-refractivity contribution in [3.05, 3.63) is 52.1 Å². The number of carbonyl (C=O) groups is 2. The molecule has 3 aliphatic rings. The summed E-state index contributed by atoms with van der Waals surface area (Å²) in [6.45, 7) is 4.93. The van der Waals surface area contributed by atoms with Gasteiger partial charge in [0.2, 0.25) is 5.91 Å². The van der Waals surface area contributed by atoms with Gasteiger partial charge in [-0.15, -0.1) is 12.4 Å². The molecule has 1 saturated carbocycles. The lowest BCUT2D eigenvalue weighted by Crippen LogP contribution is -2.58. The highest BCUT2D eigenvalue weighted by atomic mass is 35.5. The van der Waals surface area contributed by atoms with Crippen LogP contribution in [-0.2, 0) is 17.6 Å². The largest absolute Gasteiger partial charge is 0.354 e. The number of aryl methyl sites for hydroxylation is 1. The smallest absolute Gasteiger partial charge is 0.338 e. The fraction of sp³-hybridized carbons (Fsp3) is 0.586. The van der Waals surface area contributed by atoms with Gasteiger partial charge in [-0.05, 0) is 88.1 Å². The van der Waals surface area contributed by atoms with Crippen LogP contribution < -0.4 is 27.8 Å². The zero-order valence-electron chi connectivity index (χ0n) is 24.0. The third-order valence-electron chi connectivity index (χ3n) is 8.38. The van der Waals surface area contributed by atoms with Gasteiger partial charge in [-0.1, -0.05) is 6.07 Å². The van der Waals surface area contributed by atoms with Gasteiger partial charge in [0.05, 0.1) is 11.2 Å². The summed E-state index contributed by atoms with van der Waals surface area (Å²) in [6.07, 6.45) is 9.18. The van der Waals surface area contributed by atoms with Crippen LogP contribution in [0.4, 0.5) is 10.6 Å². The molecule has 2 fully saturated rings. The molecule has 3 amide bonds. The van der Waals surface area contributed by atoms with E-state index in [1.165, 1.54) is 15.7 Å². The molecule has 41 heavy (non-hydrogen) atoms. The average Bonchev–Trinajstić information content (AvgIpc) is 2.93. The van der Waals surface area contributed by atoms with E-state index < -0.39 is 11.2 Å². The third-order valence-corrected chi connectivity index (χ3v) is 8.38. The normalized spacial score (nSPS) is 22.9. The Kier molecular flexibility index (Phi) is 9.73. The topological polar surface area (TPSA) is 152 Å². The van der Waals surface area contributed by atoms with Crippen molar-refractivity contribution >= 4 is 30.2 Å². The van der Waals surface area contributed by atoms with E-state index in [1.54, 1.807) is 35.9 Å². The minimum absolute atomic E-state index is 0. The van der Waals surface area contributed by atoms with Gasteiger partial charge in [-0.3, -0.25) is 14.7 Å². The predicted octanol–water partition coefficient (Wildman–Crippen LogP) is 1.78. The molecule has 12 heteroatoms. The van der Waals surface area contributed by atoms with Crippen LogP contribution in [-0.4, -0.2) is 81.1 Å². The molecular formula is C29H43ClN8O3. The van der Waals surface area contributed by atoms with Crippen molar-refractivity contribution in [2.45, 2.75) is 82.5 Å². The van der Waals surface area contributed by atoms with E-state index in [9.17, 15) is 14.4 Å². The monoisotopic (exact) mass is 586 g/mol. The number of carbonyl (C=O) groups excluding carboxylic acids is 2. The van der Waals surface area contributed by atoms with Gasteiger partial charge in [0.1, 0.15) is 5.82 Å². The third kappa shape index (κ3) is 7.45. The maximum atomic E-state index is 12.9.